The van der Waals surface area contributed by atoms with Gasteiger partial charge in [-0.05, 0) is 49.7 Å². The van der Waals surface area contributed by atoms with E-state index in [1.54, 1.807) is 30.3 Å². The Kier molecular flexibility index (Phi) is 5.46. The molecule has 0 aliphatic heterocycles. The normalized spacial score (nSPS) is 11.6. The summed E-state index contributed by atoms with van der Waals surface area (Å²) in [5, 5.41) is 5.47. The van der Waals surface area contributed by atoms with Crippen LogP contribution < -0.4 is 10.6 Å². The molecule has 0 fully saturated rings. The first-order valence-electron chi connectivity index (χ1n) is 7.48. The molecule has 0 aromatic heterocycles. The van der Waals surface area contributed by atoms with Gasteiger partial charge in [-0.3, -0.25) is 9.59 Å². The molecule has 0 unspecified atom stereocenters. The summed E-state index contributed by atoms with van der Waals surface area (Å²) in [4.78, 5) is 24.0. The molecule has 1 atom stereocenters. The zero-order chi connectivity index (χ0) is 16.8. The lowest BCUT2D eigenvalue weighted by molar-refractivity contribution is 0.0938. The van der Waals surface area contributed by atoms with Crippen molar-refractivity contribution < 1.29 is 14.0 Å². The number of carbonyl (C=O) groups is 2. The third-order valence-electron chi connectivity index (χ3n) is 3.51. The van der Waals surface area contributed by atoms with E-state index in [0.717, 1.165) is 6.42 Å². The SMILES string of the molecule is CC[C@H](C)NC(=O)c1ccc(NC(=O)c2ccccc2F)cc1. The van der Waals surface area contributed by atoms with Crippen LogP contribution in [0, 0.1) is 5.82 Å². The van der Waals surface area contributed by atoms with Gasteiger partial charge in [0, 0.05) is 17.3 Å². The average molecular weight is 314 g/mol. The Morgan fingerprint density at radius 1 is 1.04 bits per heavy atom. The van der Waals surface area contributed by atoms with Crippen molar-refractivity contribution >= 4 is 17.5 Å². The monoisotopic (exact) mass is 314 g/mol. The molecule has 4 nitrogen and oxygen atoms in total. The van der Waals surface area contributed by atoms with E-state index in [2.05, 4.69) is 10.6 Å². The van der Waals surface area contributed by atoms with Gasteiger partial charge in [0.2, 0.25) is 0 Å². The van der Waals surface area contributed by atoms with E-state index < -0.39 is 11.7 Å². The van der Waals surface area contributed by atoms with E-state index in [4.69, 9.17) is 0 Å². The van der Waals surface area contributed by atoms with Gasteiger partial charge < -0.3 is 10.6 Å². The van der Waals surface area contributed by atoms with Crippen LogP contribution >= 0.6 is 0 Å². The van der Waals surface area contributed by atoms with E-state index in [1.165, 1.54) is 18.2 Å². The fourth-order valence-corrected chi connectivity index (χ4v) is 1.96. The fourth-order valence-electron chi connectivity index (χ4n) is 1.96. The highest BCUT2D eigenvalue weighted by atomic mass is 19.1. The van der Waals surface area contributed by atoms with Crippen LogP contribution in [-0.4, -0.2) is 17.9 Å². The van der Waals surface area contributed by atoms with Crippen molar-refractivity contribution in [2.75, 3.05) is 5.32 Å². The van der Waals surface area contributed by atoms with Crippen molar-refractivity contribution in [3.63, 3.8) is 0 Å². The summed E-state index contributed by atoms with van der Waals surface area (Å²) >= 11 is 0. The molecule has 2 amide bonds. The molecule has 5 heteroatoms. The van der Waals surface area contributed by atoms with Gasteiger partial charge in [0.15, 0.2) is 0 Å². The second-order valence-electron chi connectivity index (χ2n) is 5.29. The maximum absolute atomic E-state index is 13.6. The summed E-state index contributed by atoms with van der Waals surface area (Å²) < 4.78 is 13.6. The minimum absolute atomic E-state index is 0.0221. The lowest BCUT2D eigenvalue weighted by Gasteiger charge is -2.12. The van der Waals surface area contributed by atoms with E-state index >= 15 is 0 Å². The minimum Gasteiger partial charge on any atom is -0.350 e. The third-order valence-corrected chi connectivity index (χ3v) is 3.51. The van der Waals surface area contributed by atoms with Crippen molar-refractivity contribution in [3.05, 3.63) is 65.5 Å². The molecule has 0 aliphatic carbocycles. The van der Waals surface area contributed by atoms with Gasteiger partial charge >= 0.3 is 0 Å². The molecule has 23 heavy (non-hydrogen) atoms. The predicted octanol–water partition coefficient (Wildman–Crippen LogP) is 3.61. The van der Waals surface area contributed by atoms with Crippen molar-refractivity contribution in [3.8, 4) is 0 Å². The number of amides is 2. The Bertz CT molecular complexity index is 698. The maximum atomic E-state index is 13.6. The average Bonchev–Trinajstić information content (AvgIpc) is 2.55. The summed E-state index contributed by atoms with van der Waals surface area (Å²) in [5.74, 6) is -1.26. The number of hydrogen-bond acceptors (Lipinski definition) is 2. The Labute approximate surface area is 134 Å². The summed E-state index contributed by atoms with van der Waals surface area (Å²) in [7, 11) is 0. The number of halogens is 1. The van der Waals surface area contributed by atoms with Crippen LogP contribution in [0.25, 0.3) is 0 Å². The summed E-state index contributed by atoms with van der Waals surface area (Å²) in [6.07, 6.45) is 0.850. The summed E-state index contributed by atoms with van der Waals surface area (Å²) in [6.45, 7) is 3.92. The first kappa shape index (κ1) is 16.7. The maximum Gasteiger partial charge on any atom is 0.258 e. The highest BCUT2D eigenvalue weighted by molar-refractivity contribution is 6.04. The molecule has 0 saturated heterocycles. The Balaban J connectivity index is 2.04. The van der Waals surface area contributed by atoms with Crippen LogP contribution in [0.2, 0.25) is 0 Å². The molecule has 0 saturated carbocycles. The van der Waals surface area contributed by atoms with Crippen LogP contribution in [0.5, 0.6) is 0 Å². The molecule has 2 aromatic rings. The van der Waals surface area contributed by atoms with Crippen LogP contribution in [0.15, 0.2) is 48.5 Å². The van der Waals surface area contributed by atoms with Gasteiger partial charge in [-0.15, -0.1) is 0 Å². The molecule has 0 bridgehead atoms. The first-order valence-corrected chi connectivity index (χ1v) is 7.48. The second-order valence-corrected chi connectivity index (χ2v) is 5.29. The summed E-state index contributed by atoms with van der Waals surface area (Å²) in [6, 6.07) is 12.3. The predicted molar refractivity (Wildman–Crippen MR) is 88.0 cm³/mol. The first-order chi connectivity index (χ1) is 11.0. The van der Waals surface area contributed by atoms with E-state index in [-0.39, 0.29) is 17.5 Å². The standard InChI is InChI=1S/C18H19FN2O2/c1-3-12(2)20-17(22)13-8-10-14(11-9-13)21-18(23)15-6-4-5-7-16(15)19/h4-12H,3H2,1-2H3,(H,20,22)(H,21,23)/t12-/m0/s1. The van der Waals surface area contributed by atoms with Crippen LogP contribution in [0.1, 0.15) is 41.0 Å². The molecule has 0 radical (unpaired) electrons. The number of hydrogen-bond donors (Lipinski definition) is 2. The summed E-state index contributed by atoms with van der Waals surface area (Å²) in [5.41, 5.74) is 0.985. The molecule has 0 aliphatic rings. The number of nitrogens with one attached hydrogen (secondary N) is 2. The minimum atomic E-state index is -0.574. The molecule has 2 rings (SSSR count). The highest BCUT2D eigenvalue weighted by Gasteiger charge is 2.12. The lowest BCUT2D eigenvalue weighted by atomic mass is 10.1. The van der Waals surface area contributed by atoms with Crippen LogP contribution in [-0.2, 0) is 0 Å². The zero-order valence-corrected chi connectivity index (χ0v) is 13.1. The molecule has 0 spiro atoms. The number of rotatable bonds is 5. The van der Waals surface area contributed by atoms with Gasteiger partial charge in [0.05, 0.1) is 5.56 Å². The van der Waals surface area contributed by atoms with Crippen LogP contribution in [0.4, 0.5) is 10.1 Å². The molecule has 2 N–H and O–H groups in total. The van der Waals surface area contributed by atoms with Crippen LogP contribution in [0.3, 0.4) is 0 Å². The molecular weight excluding hydrogens is 295 g/mol. The zero-order valence-electron chi connectivity index (χ0n) is 13.1. The van der Waals surface area contributed by atoms with Crippen molar-refractivity contribution in [1.29, 1.82) is 0 Å². The van der Waals surface area contributed by atoms with Gasteiger partial charge in [-0.25, -0.2) is 4.39 Å². The number of anilines is 1. The molecule has 120 valence electrons. The quantitative estimate of drug-likeness (QED) is 0.886. The lowest BCUT2D eigenvalue weighted by Crippen LogP contribution is -2.31. The smallest absolute Gasteiger partial charge is 0.258 e. The largest absolute Gasteiger partial charge is 0.350 e. The van der Waals surface area contributed by atoms with Gasteiger partial charge in [0.25, 0.3) is 11.8 Å². The number of benzene rings is 2. The van der Waals surface area contributed by atoms with Crippen molar-refractivity contribution in [1.82, 2.24) is 5.32 Å². The van der Waals surface area contributed by atoms with Gasteiger partial charge in [0.1, 0.15) is 5.82 Å². The molecular formula is C18H19FN2O2. The molecule has 2 aromatic carbocycles. The van der Waals surface area contributed by atoms with E-state index in [1.807, 2.05) is 13.8 Å². The van der Waals surface area contributed by atoms with Gasteiger partial charge in [-0.2, -0.15) is 0 Å². The Hall–Kier alpha value is -2.69. The van der Waals surface area contributed by atoms with E-state index in [0.29, 0.717) is 11.3 Å². The molecule has 0 heterocycles. The Morgan fingerprint density at radius 2 is 1.70 bits per heavy atom. The topological polar surface area (TPSA) is 58.2 Å². The van der Waals surface area contributed by atoms with E-state index in [9.17, 15) is 14.0 Å². The fraction of sp³-hybridized carbons (Fsp3) is 0.222. The van der Waals surface area contributed by atoms with Crippen molar-refractivity contribution in [2.45, 2.75) is 26.3 Å². The number of carbonyl (C=O) groups excluding carboxylic acids is 2. The second kappa shape index (κ2) is 7.54. The van der Waals surface area contributed by atoms with Gasteiger partial charge in [-0.1, -0.05) is 19.1 Å². The van der Waals surface area contributed by atoms with Crippen molar-refractivity contribution in [2.24, 2.45) is 0 Å². The third kappa shape index (κ3) is 4.39. The Morgan fingerprint density at radius 3 is 2.30 bits per heavy atom. The highest BCUT2D eigenvalue weighted by Crippen LogP contribution is 2.13.